The molecule has 1 unspecified atom stereocenters. The summed E-state index contributed by atoms with van der Waals surface area (Å²) in [7, 11) is 0. The van der Waals surface area contributed by atoms with E-state index >= 15 is 0 Å². The molecular formula is C14H23NO3. The molecule has 4 aliphatic rings. The fourth-order valence-electron chi connectivity index (χ4n) is 4.16. The van der Waals surface area contributed by atoms with Crippen molar-refractivity contribution < 1.29 is 14.3 Å². The van der Waals surface area contributed by atoms with Crippen molar-refractivity contribution in [2.24, 2.45) is 0 Å². The quantitative estimate of drug-likeness (QED) is 0.717. The second-order valence-electron chi connectivity index (χ2n) is 6.41. The van der Waals surface area contributed by atoms with Gasteiger partial charge in [0.1, 0.15) is 6.10 Å². The van der Waals surface area contributed by atoms with Crippen LogP contribution in [-0.2, 0) is 14.3 Å². The van der Waals surface area contributed by atoms with Gasteiger partial charge in [-0.2, -0.15) is 5.06 Å². The fraction of sp³-hybridized carbons (Fsp3) is 1.00. The Hall–Kier alpha value is -0.160. The zero-order valence-corrected chi connectivity index (χ0v) is 11.1. The van der Waals surface area contributed by atoms with Crippen molar-refractivity contribution in [1.29, 1.82) is 0 Å². The maximum Gasteiger partial charge on any atom is 0.168 e. The van der Waals surface area contributed by atoms with Crippen molar-refractivity contribution in [2.75, 3.05) is 6.61 Å². The Morgan fingerprint density at radius 2 is 1.94 bits per heavy atom. The van der Waals surface area contributed by atoms with Crippen LogP contribution >= 0.6 is 0 Å². The zero-order chi connectivity index (χ0) is 12.2. The van der Waals surface area contributed by atoms with Crippen LogP contribution < -0.4 is 0 Å². The third kappa shape index (κ3) is 1.73. The number of piperidine rings is 1. The lowest BCUT2D eigenvalue weighted by Crippen LogP contribution is -2.45. The minimum atomic E-state index is -0.241. The van der Waals surface area contributed by atoms with Gasteiger partial charge in [0.05, 0.1) is 18.8 Å². The number of fused-ring (bicyclic) bond motifs is 2. The van der Waals surface area contributed by atoms with Gasteiger partial charge >= 0.3 is 0 Å². The van der Waals surface area contributed by atoms with Crippen LogP contribution in [0.25, 0.3) is 0 Å². The van der Waals surface area contributed by atoms with Gasteiger partial charge in [-0.1, -0.05) is 6.42 Å². The highest BCUT2D eigenvalue weighted by Crippen LogP contribution is 2.43. The summed E-state index contributed by atoms with van der Waals surface area (Å²) in [6.45, 7) is 3.00. The standard InChI is InChI=1S/C14H23NO3/c1-10-7-11-8-12(15(10)18-11)13-9-16-14(17-13)5-3-2-4-6-14/h10-13H,2-9H2,1H3/t10-,11+,12-,13+/m0/s1. The highest BCUT2D eigenvalue weighted by atomic mass is 16.8. The Bertz CT molecular complexity index is 329. The monoisotopic (exact) mass is 253 g/mol. The molecule has 5 atom stereocenters. The first-order valence-corrected chi connectivity index (χ1v) is 7.53. The van der Waals surface area contributed by atoms with E-state index in [9.17, 15) is 0 Å². The molecule has 102 valence electrons. The zero-order valence-electron chi connectivity index (χ0n) is 11.1. The molecule has 1 saturated carbocycles. The first-order chi connectivity index (χ1) is 8.76. The minimum absolute atomic E-state index is 0.218. The number of nitrogens with zero attached hydrogens (tertiary/aromatic N) is 1. The average Bonchev–Trinajstić information content (AvgIpc) is 3.04. The van der Waals surface area contributed by atoms with Crippen molar-refractivity contribution in [3.8, 4) is 0 Å². The van der Waals surface area contributed by atoms with E-state index in [-0.39, 0.29) is 11.9 Å². The van der Waals surface area contributed by atoms with Gasteiger partial charge in [0.25, 0.3) is 0 Å². The molecule has 4 rings (SSSR count). The van der Waals surface area contributed by atoms with Crippen LogP contribution in [0, 0.1) is 0 Å². The molecule has 0 aromatic carbocycles. The Kier molecular flexibility index (Phi) is 2.70. The molecule has 0 N–H and O–H groups in total. The van der Waals surface area contributed by atoms with Crippen molar-refractivity contribution in [1.82, 2.24) is 5.06 Å². The van der Waals surface area contributed by atoms with Gasteiger partial charge in [-0.05, 0) is 32.6 Å². The van der Waals surface area contributed by atoms with Crippen molar-refractivity contribution in [3.63, 3.8) is 0 Å². The number of ether oxygens (including phenoxy) is 2. The Morgan fingerprint density at radius 3 is 2.67 bits per heavy atom. The summed E-state index contributed by atoms with van der Waals surface area (Å²) in [5.74, 6) is -0.241. The molecule has 0 aromatic heterocycles. The van der Waals surface area contributed by atoms with Gasteiger partial charge in [-0.15, -0.1) is 0 Å². The predicted octanol–water partition coefficient (Wildman–Crippen LogP) is 2.23. The number of hydrogen-bond donors (Lipinski definition) is 0. The first-order valence-electron chi connectivity index (χ1n) is 7.53. The van der Waals surface area contributed by atoms with E-state index in [0.717, 1.165) is 25.9 Å². The van der Waals surface area contributed by atoms with E-state index in [1.165, 1.54) is 25.7 Å². The second kappa shape index (κ2) is 4.17. The van der Waals surface area contributed by atoms with Gasteiger partial charge in [0, 0.05) is 18.9 Å². The third-order valence-corrected chi connectivity index (χ3v) is 5.06. The summed E-state index contributed by atoms with van der Waals surface area (Å²) < 4.78 is 12.4. The normalized spacial score (nSPS) is 50.2. The summed E-state index contributed by atoms with van der Waals surface area (Å²) in [6, 6.07) is 0.959. The van der Waals surface area contributed by atoms with Crippen LogP contribution in [0.4, 0.5) is 0 Å². The average molecular weight is 253 g/mol. The lowest BCUT2D eigenvalue weighted by Gasteiger charge is -2.34. The van der Waals surface area contributed by atoms with Crippen LogP contribution in [0.2, 0.25) is 0 Å². The highest BCUT2D eigenvalue weighted by molar-refractivity contribution is 4.96. The second-order valence-corrected chi connectivity index (χ2v) is 6.41. The van der Waals surface area contributed by atoms with Gasteiger partial charge in [-0.3, -0.25) is 4.84 Å². The Morgan fingerprint density at radius 1 is 1.11 bits per heavy atom. The van der Waals surface area contributed by atoms with Crippen molar-refractivity contribution in [3.05, 3.63) is 0 Å². The van der Waals surface area contributed by atoms with Crippen LogP contribution in [0.15, 0.2) is 0 Å². The van der Waals surface area contributed by atoms with E-state index < -0.39 is 0 Å². The molecule has 4 heteroatoms. The lowest BCUT2D eigenvalue weighted by molar-refractivity contribution is -0.205. The predicted molar refractivity (Wildman–Crippen MR) is 65.8 cm³/mol. The molecule has 0 amide bonds. The third-order valence-electron chi connectivity index (χ3n) is 5.06. The number of hydroxylamine groups is 2. The molecule has 4 fully saturated rings. The number of rotatable bonds is 1. The molecule has 3 heterocycles. The van der Waals surface area contributed by atoms with Crippen LogP contribution in [0.1, 0.15) is 51.9 Å². The van der Waals surface area contributed by atoms with E-state index in [1.807, 2.05) is 0 Å². The van der Waals surface area contributed by atoms with E-state index in [1.54, 1.807) is 0 Å². The maximum atomic E-state index is 6.33. The summed E-state index contributed by atoms with van der Waals surface area (Å²) in [4.78, 5) is 5.88. The topological polar surface area (TPSA) is 30.9 Å². The maximum absolute atomic E-state index is 6.33. The lowest BCUT2D eigenvalue weighted by atomic mass is 9.93. The van der Waals surface area contributed by atoms with E-state index in [2.05, 4.69) is 12.0 Å². The summed E-state index contributed by atoms with van der Waals surface area (Å²) in [6.07, 6.45) is 8.92. The molecule has 18 heavy (non-hydrogen) atoms. The highest BCUT2D eigenvalue weighted by Gasteiger charge is 2.52. The molecule has 2 bridgehead atoms. The number of hydrogen-bond acceptors (Lipinski definition) is 4. The van der Waals surface area contributed by atoms with Gasteiger partial charge in [0.15, 0.2) is 5.79 Å². The first kappa shape index (κ1) is 11.6. The van der Waals surface area contributed by atoms with E-state index in [0.29, 0.717) is 18.2 Å². The Balaban J connectivity index is 1.45. The SMILES string of the molecule is C[C@H]1C[C@@H]2C[C@@H]([C@H]3COC4(CCCCC4)O3)N1O2. The van der Waals surface area contributed by atoms with Crippen LogP contribution in [0.3, 0.4) is 0 Å². The molecule has 1 aliphatic carbocycles. The Labute approximate surface area is 109 Å². The fourth-order valence-corrected chi connectivity index (χ4v) is 4.16. The van der Waals surface area contributed by atoms with Crippen molar-refractivity contribution >= 4 is 0 Å². The molecule has 1 spiro atoms. The molecular weight excluding hydrogens is 230 g/mol. The molecule has 4 nitrogen and oxygen atoms in total. The summed E-state index contributed by atoms with van der Waals surface area (Å²) in [5, 5.41) is 2.18. The molecule has 3 saturated heterocycles. The van der Waals surface area contributed by atoms with Gasteiger partial charge in [0.2, 0.25) is 0 Å². The molecule has 0 radical (unpaired) electrons. The van der Waals surface area contributed by atoms with Gasteiger partial charge in [-0.25, -0.2) is 0 Å². The summed E-state index contributed by atoms with van der Waals surface area (Å²) >= 11 is 0. The summed E-state index contributed by atoms with van der Waals surface area (Å²) in [5.41, 5.74) is 0. The van der Waals surface area contributed by atoms with Crippen LogP contribution in [-0.4, -0.2) is 41.7 Å². The largest absolute Gasteiger partial charge is 0.347 e. The van der Waals surface area contributed by atoms with Crippen molar-refractivity contribution in [2.45, 2.75) is 81.9 Å². The molecule has 3 aliphatic heterocycles. The van der Waals surface area contributed by atoms with Gasteiger partial charge < -0.3 is 9.47 Å². The minimum Gasteiger partial charge on any atom is -0.347 e. The van der Waals surface area contributed by atoms with E-state index in [4.69, 9.17) is 14.3 Å². The van der Waals surface area contributed by atoms with Crippen LogP contribution in [0.5, 0.6) is 0 Å². The molecule has 0 aromatic rings. The smallest absolute Gasteiger partial charge is 0.168 e.